The van der Waals surface area contributed by atoms with Gasteiger partial charge in [-0.3, -0.25) is 4.79 Å². The second-order valence-electron chi connectivity index (χ2n) is 7.12. The molecule has 28 heavy (non-hydrogen) atoms. The lowest BCUT2D eigenvalue weighted by Crippen LogP contribution is -2.50. The number of carbonyl (C=O) groups excluding carboxylic acids is 1. The number of amides is 1. The molecule has 1 unspecified atom stereocenters. The number of hydrogen-bond donors (Lipinski definition) is 1. The van der Waals surface area contributed by atoms with E-state index in [4.69, 9.17) is 16.3 Å². The third kappa shape index (κ3) is 4.04. The molecule has 1 saturated heterocycles. The second kappa shape index (κ2) is 8.31. The molecule has 144 valence electrons. The molecule has 1 heterocycles. The average Bonchev–Trinajstić information content (AvgIpc) is 2.72. The molecule has 1 amide bonds. The zero-order valence-electron chi connectivity index (χ0n) is 15.8. The average molecular weight is 395 g/mol. The van der Waals surface area contributed by atoms with Crippen molar-refractivity contribution in [2.75, 3.05) is 24.6 Å². The third-order valence-electron chi connectivity index (χ3n) is 5.19. The van der Waals surface area contributed by atoms with Gasteiger partial charge in [-0.2, -0.15) is 0 Å². The summed E-state index contributed by atoms with van der Waals surface area (Å²) in [7, 11) is 0. The van der Waals surface area contributed by atoms with Crippen molar-refractivity contribution in [3.05, 3.63) is 77.3 Å². The topological polar surface area (TPSA) is 41.6 Å². The molecule has 0 saturated carbocycles. The van der Waals surface area contributed by atoms with E-state index < -0.39 is 0 Å². The summed E-state index contributed by atoms with van der Waals surface area (Å²) in [6.45, 7) is 3.41. The highest BCUT2D eigenvalue weighted by Gasteiger charge is 2.27. The van der Waals surface area contributed by atoms with Crippen LogP contribution in [0.15, 0.2) is 66.7 Å². The van der Waals surface area contributed by atoms with Crippen LogP contribution in [0.3, 0.4) is 0 Å². The van der Waals surface area contributed by atoms with Gasteiger partial charge in [0.1, 0.15) is 6.61 Å². The molecular formula is C23H23ClN2O2. The quantitative estimate of drug-likeness (QED) is 0.688. The molecule has 2 atom stereocenters. The number of carbonyl (C=O) groups is 1. The smallest absolute Gasteiger partial charge is 0.253 e. The van der Waals surface area contributed by atoms with E-state index in [1.807, 2.05) is 18.2 Å². The minimum Gasteiger partial charge on any atom is -0.365 e. The Bertz CT molecular complexity index is 986. The summed E-state index contributed by atoms with van der Waals surface area (Å²) in [6, 6.07) is 22.3. The molecule has 0 spiro atoms. The third-order valence-corrected chi connectivity index (χ3v) is 5.43. The van der Waals surface area contributed by atoms with Crippen LogP contribution >= 0.6 is 11.6 Å². The Morgan fingerprint density at radius 1 is 1.14 bits per heavy atom. The predicted octanol–water partition coefficient (Wildman–Crippen LogP) is 4.58. The first kappa shape index (κ1) is 18.9. The van der Waals surface area contributed by atoms with Crippen LogP contribution in [0.2, 0.25) is 5.02 Å². The summed E-state index contributed by atoms with van der Waals surface area (Å²) in [6.07, 6.45) is -0.0749. The molecule has 0 aromatic heterocycles. The number of rotatable bonds is 5. The molecule has 1 aliphatic rings. The van der Waals surface area contributed by atoms with E-state index in [0.29, 0.717) is 18.1 Å². The van der Waals surface area contributed by atoms with Crippen molar-refractivity contribution < 1.29 is 9.53 Å². The summed E-state index contributed by atoms with van der Waals surface area (Å²) in [5, 5.41) is 6.68. The van der Waals surface area contributed by atoms with E-state index in [-0.39, 0.29) is 24.7 Å². The van der Waals surface area contributed by atoms with E-state index in [2.05, 4.69) is 54.7 Å². The lowest BCUT2D eigenvalue weighted by atomic mass is 9.99. The van der Waals surface area contributed by atoms with Gasteiger partial charge in [-0.15, -0.1) is 0 Å². The fourth-order valence-electron chi connectivity index (χ4n) is 3.69. The summed E-state index contributed by atoms with van der Waals surface area (Å²) in [5.41, 5.74) is 2.07. The van der Waals surface area contributed by atoms with Crippen molar-refractivity contribution in [2.45, 2.75) is 19.1 Å². The summed E-state index contributed by atoms with van der Waals surface area (Å²) in [5.74, 6) is -0.0411. The SMILES string of the molecule is C[C@@H](NCC1CN(c2cccc(Cl)c2)C(=O)CO1)c1cccc2ccccc12. The van der Waals surface area contributed by atoms with Crippen LogP contribution in [0, 0.1) is 0 Å². The molecule has 0 aliphatic carbocycles. The van der Waals surface area contributed by atoms with Crippen molar-refractivity contribution in [2.24, 2.45) is 0 Å². The standard InChI is InChI=1S/C23H23ClN2O2/c1-16(21-11-4-7-17-6-2-3-10-22(17)21)25-13-20-14-26(23(27)15-28-20)19-9-5-8-18(24)12-19/h2-12,16,20,25H,13-15H2,1H3/t16-,20?/m1/s1. The lowest BCUT2D eigenvalue weighted by Gasteiger charge is -2.33. The molecular weight excluding hydrogens is 372 g/mol. The monoisotopic (exact) mass is 394 g/mol. The minimum absolute atomic E-state index is 0.0411. The van der Waals surface area contributed by atoms with Crippen LogP contribution < -0.4 is 10.2 Å². The van der Waals surface area contributed by atoms with Crippen LogP contribution in [0.1, 0.15) is 18.5 Å². The van der Waals surface area contributed by atoms with Crippen molar-refractivity contribution >= 4 is 34.0 Å². The first-order valence-corrected chi connectivity index (χ1v) is 9.88. The van der Waals surface area contributed by atoms with Crippen LogP contribution in [-0.4, -0.2) is 31.7 Å². The number of nitrogens with one attached hydrogen (secondary N) is 1. The maximum Gasteiger partial charge on any atom is 0.253 e. The number of halogens is 1. The largest absolute Gasteiger partial charge is 0.365 e. The maximum atomic E-state index is 12.3. The molecule has 0 bridgehead atoms. The first-order chi connectivity index (χ1) is 13.6. The number of benzene rings is 3. The predicted molar refractivity (Wildman–Crippen MR) is 114 cm³/mol. The van der Waals surface area contributed by atoms with Crippen LogP contribution in [0.4, 0.5) is 5.69 Å². The molecule has 4 rings (SSSR count). The van der Waals surface area contributed by atoms with Gasteiger partial charge in [-0.25, -0.2) is 0 Å². The molecule has 1 aliphatic heterocycles. The number of fused-ring (bicyclic) bond motifs is 1. The van der Waals surface area contributed by atoms with E-state index in [1.54, 1.807) is 11.0 Å². The Morgan fingerprint density at radius 3 is 2.79 bits per heavy atom. The summed E-state index contributed by atoms with van der Waals surface area (Å²) < 4.78 is 5.76. The number of hydrogen-bond acceptors (Lipinski definition) is 3. The van der Waals surface area contributed by atoms with Crippen LogP contribution in [0.5, 0.6) is 0 Å². The van der Waals surface area contributed by atoms with E-state index in [0.717, 1.165) is 5.69 Å². The highest BCUT2D eigenvalue weighted by atomic mass is 35.5. The maximum absolute atomic E-state index is 12.3. The first-order valence-electron chi connectivity index (χ1n) is 9.50. The van der Waals surface area contributed by atoms with E-state index >= 15 is 0 Å². The number of nitrogens with zero attached hydrogens (tertiary/aromatic N) is 1. The van der Waals surface area contributed by atoms with Gasteiger partial charge in [0.15, 0.2) is 0 Å². The fraction of sp³-hybridized carbons (Fsp3) is 0.261. The Morgan fingerprint density at radius 2 is 1.93 bits per heavy atom. The van der Waals surface area contributed by atoms with Crippen LogP contribution in [0.25, 0.3) is 10.8 Å². The Hall–Kier alpha value is -2.40. The number of ether oxygens (including phenoxy) is 1. The van der Waals surface area contributed by atoms with E-state index in [9.17, 15) is 4.79 Å². The summed E-state index contributed by atoms with van der Waals surface area (Å²) in [4.78, 5) is 14.0. The lowest BCUT2D eigenvalue weighted by molar-refractivity contribution is -0.129. The number of anilines is 1. The van der Waals surface area contributed by atoms with Crippen LogP contribution in [-0.2, 0) is 9.53 Å². The Labute approximate surface area is 170 Å². The van der Waals surface area contributed by atoms with Crippen molar-refractivity contribution in [1.29, 1.82) is 0 Å². The molecule has 5 heteroatoms. The van der Waals surface area contributed by atoms with E-state index in [1.165, 1.54) is 16.3 Å². The Balaban J connectivity index is 1.43. The van der Waals surface area contributed by atoms with Gasteiger partial charge >= 0.3 is 0 Å². The van der Waals surface area contributed by atoms with Gasteiger partial charge in [0.05, 0.1) is 12.6 Å². The molecule has 1 fully saturated rings. The minimum atomic E-state index is -0.0749. The number of morpholine rings is 1. The molecule has 3 aromatic carbocycles. The molecule has 4 nitrogen and oxygen atoms in total. The van der Waals surface area contributed by atoms with Crippen molar-refractivity contribution in [3.63, 3.8) is 0 Å². The second-order valence-corrected chi connectivity index (χ2v) is 7.55. The fourth-order valence-corrected chi connectivity index (χ4v) is 3.87. The molecule has 3 aromatic rings. The highest BCUT2D eigenvalue weighted by molar-refractivity contribution is 6.30. The van der Waals surface area contributed by atoms with Crippen molar-refractivity contribution in [1.82, 2.24) is 5.32 Å². The molecule has 1 N–H and O–H groups in total. The van der Waals surface area contributed by atoms with Crippen molar-refractivity contribution in [3.8, 4) is 0 Å². The van der Waals surface area contributed by atoms with Gasteiger partial charge in [0, 0.05) is 23.3 Å². The van der Waals surface area contributed by atoms with Gasteiger partial charge in [-0.1, -0.05) is 60.1 Å². The zero-order valence-corrected chi connectivity index (χ0v) is 16.5. The Kier molecular flexibility index (Phi) is 5.62. The van der Waals surface area contributed by atoms with Gasteiger partial charge < -0.3 is 15.0 Å². The van der Waals surface area contributed by atoms with Gasteiger partial charge in [0.25, 0.3) is 5.91 Å². The zero-order chi connectivity index (χ0) is 19.5. The normalized spacial score (nSPS) is 18.4. The van der Waals surface area contributed by atoms with Gasteiger partial charge in [-0.05, 0) is 41.5 Å². The molecule has 0 radical (unpaired) electrons. The highest BCUT2D eigenvalue weighted by Crippen LogP contribution is 2.25. The summed E-state index contributed by atoms with van der Waals surface area (Å²) >= 11 is 6.08. The van der Waals surface area contributed by atoms with Gasteiger partial charge in [0.2, 0.25) is 0 Å².